The van der Waals surface area contributed by atoms with Crippen LogP contribution in [0.2, 0.25) is 5.15 Å². The van der Waals surface area contributed by atoms with E-state index in [0.717, 1.165) is 5.57 Å². The molecule has 4 nitrogen and oxygen atoms in total. The fraction of sp³-hybridized carbons (Fsp3) is 0.250. The van der Waals surface area contributed by atoms with Crippen LogP contribution in [0.5, 0.6) is 0 Å². The van der Waals surface area contributed by atoms with Crippen LogP contribution < -0.4 is 11.1 Å². The summed E-state index contributed by atoms with van der Waals surface area (Å²) in [5.41, 5.74) is 6.98. The first-order valence-electron chi connectivity index (χ1n) is 3.75. The number of hydrogen-bond donors (Lipinski definition) is 2. The largest absolute Gasteiger partial charge is 0.393 e. The molecule has 0 aliphatic heterocycles. The monoisotopic (exact) mass is 198 g/mol. The third-order valence-electron chi connectivity index (χ3n) is 1.39. The van der Waals surface area contributed by atoms with Gasteiger partial charge in [-0.25, -0.2) is 9.97 Å². The van der Waals surface area contributed by atoms with E-state index in [1.165, 1.54) is 6.33 Å². The lowest BCUT2D eigenvalue weighted by molar-refractivity contribution is 1.12. The number of rotatable bonds is 3. The normalized spacial score (nSPS) is 9.69. The SMILES string of the molecule is C=C(C)CNc1ncnc(Cl)c1N. The summed E-state index contributed by atoms with van der Waals surface area (Å²) in [7, 11) is 0. The van der Waals surface area contributed by atoms with E-state index in [0.29, 0.717) is 18.1 Å². The molecule has 1 aromatic heterocycles. The second-order valence-electron chi connectivity index (χ2n) is 2.74. The van der Waals surface area contributed by atoms with Gasteiger partial charge in [0.05, 0.1) is 0 Å². The highest BCUT2D eigenvalue weighted by molar-refractivity contribution is 6.32. The number of nitrogens with one attached hydrogen (secondary N) is 1. The van der Waals surface area contributed by atoms with Gasteiger partial charge < -0.3 is 11.1 Å². The molecule has 0 aliphatic carbocycles. The molecular formula is C8H11ClN4. The number of hydrogen-bond acceptors (Lipinski definition) is 4. The van der Waals surface area contributed by atoms with E-state index in [2.05, 4.69) is 21.9 Å². The first kappa shape index (κ1) is 9.80. The molecule has 0 aliphatic rings. The van der Waals surface area contributed by atoms with Crippen LogP contribution in [0, 0.1) is 0 Å². The van der Waals surface area contributed by atoms with Crippen molar-refractivity contribution in [1.82, 2.24) is 9.97 Å². The predicted octanol–water partition coefficient (Wildman–Crippen LogP) is 1.70. The van der Waals surface area contributed by atoms with Crippen LogP contribution >= 0.6 is 11.6 Å². The van der Waals surface area contributed by atoms with Crippen LogP contribution in [-0.2, 0) is 0 Å². The minimum absolute atomic E-state index is 0.263. The quantitative estimate of drug-likeness (QED) is 0.573. The van der Waals surface area contributed by atoms with Crippen LogP contribution in [0.15, 0.2) is 18.5 Å². The summed E-state index contributed by atoms with van der Waals surface area (Å²) >= 11 is 5.69. The summed E-state index contributed by atoms with van der Waals surface area (Å²) in [5.74, 6) is 0.544. The van der Waals surface area contributed by atoms with Gasteiger partial charge in [-0.2, -0.15) is 0 Å². The summed E-state index contributed by atoms with van der Waals surface area (Å²) in [6.45, 7) is 6.27. The Morgan fingerprint density at radius 3 is 3.00 bits per heavy atom. The first-order chi connectivity index (χ1) is 6.11. The molecule has 1 aromatic rings. The van der Waals surface area contributed by atoms with Crippen LogP contribution in [0.3, 0.4) is 0 Å². The van der Waals surface area contributed by atoms with Crippen molar-refractivity contribution >= 4 is 23.1 Å². The third-order valence-corrected chi connectivity index (χ3v) is 1.69. The molecule has 1 heterocycles. The number of nitrogens with zero attached hydrogens (tertiary/aromatic N) is 2. The Bertz CT molecular complexity index is 324. The van der Waals surface area contributed by atoms with Crippen molar-refractivity contribution in [2.45, 2.75) is 6.92 Å². The minimum Gasteiger partial charge on any atom is -0.393 e. The zero-order valence-electron chi connectivity index (χ0n) is 7.34. The van der Waals surface area contributed by atoms with Gasteiger partial charge in [0.25, 0.3) is 0 Å². The zero-order chi connectivity index (χ0) is 9.84. The van der Waals surface area contributed by atoms with Gasteiger partial charge in [0.15, 0.2) is 11.0 Å². The maximum atomic E-state index is 5.69. The number of halogens is 1. The molecule has 1 rings (SSSR count). The second-order valence-corrected chi connectivity index (χ2v) is 3.10. The second kappa shape index (κ2) is 4.09. The smallest absolute Gasteiger partial charge is 0.157 e. The predicted molar refractivity (Wildman–Crippen MR) is 54.8 cm³/mol. The molecule has 70 valence electrons. The van der Waals surface area contributed by atoms with Crippen molar-refractivity contribution in [3.63, 3.8) is 0 Å². The third kappa shape index (κ3) is 2.59. The van der Waals surface area contributed by atoms with Gasteiger partial charge in [-0.1, -0.05) is 23.8 Å². The molecule has 0 spiro atoms. The number of anilines is 2. The van der Waals surface area contributed by atoms with Crippen molar-refractivity contribution in [2.24, 2.45) is 0 Å². The van der Waals surface area contributed by atoms with Gasteiger partial charge in [0.2, 0.25) is 0 Å². The average molecular weight is 199 g/mol. The Labute approximate surface area is 81.8 Å². The first-order valence-corrected chi connectivity index (χ1v) is 4.13. The maximum Gasteiger partial charge on any atom is 0.157 e. The Morgan fingerprint density at radius 2 is 2.38 bits per heavy atom. The van der Waals surface area contributed by atoms with E-state index >= 15 is 0 Å². The molecule has 13 heavy (non-hydrogen) atoms. The Balaban J connectivity index is 2.77. The maximum absolute atomic E-state index is 5.69. The fourth-order valence-corrected chi connectivity index (χ4v) is 0.883. The lowest BCUT2D eigenvalue weighted by Crippen LogP contribution is -2.07. The molecule has 0 bridgehead atoms. The molecule has 0 aromatic carbocycles. The molecule has 0 saturated carbocycles. The highest BCUT2D eigenvalue weighted by atomic mass is 35.5. The number of aromatic nitrogens is 2. The summed E-state index contributed by atoms with van der Waals surface area (Å²) in [6, 6.07) is 0. The summed E-state index contributed by atoms with van der Waals surface area (Å²) in [5, 5.41) is 3.26. The van der Waals surface area contributed by atoms with Gasteiger partial charge in [0.1, 0.15) is 12.0 Å². The number of nitrogen functional groups attached to an aromatic ring is 1. The van der Waals surface area contributed by atoms with E-state index < -0.39 is 0 Å². The van der Waals surface area contributed by atoms with Gasteiger partial charge in [-0.15, -0.1) is 0 Å². The van der Waals surface area contributed by atoms with Crippen molar-refractivity contribution in [2.75, 3.05) is 17.6 Å². The van der Waals surface area contributed by atoms with Crippen molar-refractivity contribution in [1.29, 1.82) is 0 Å². The Kier molecular flexibility index (Phi) is 3.08. The molecule has 0 unspecified atom stereocenters. The Hall–Kier alpha value is -1.29. The topological polar surface area (TPSA) is 63.8 Å². The van der Waals surface area contributed by atoms with Crippen LogP contribution in [0.25, 0.3) is 0 Å². The molecule has 3 N–H and O–H groups in total. The standard InChI is InChI=1S/C8H11ClN4/c1-5(2)3-11-8-6(10)7(9)12-4-13-8/h4H,1,3,10H2,2H3,(H,11,12,13). The lowest BCUT2D eigenvalue weighted by atomic mass is 10.3. The zero-order valence-corrected chi connectivity index (χ0v) is 8.10. The van der Waals surface area contributed by atoms with Crippen LogP contribution in [0.4, 0.5) is 11.5 Å². The van der Waals surface area contributed by atoms with Gasteiger partial charge in [-0.05, 0) is 6.92 Å². The molecular weight excluding hydrogens is 188 g/mol. The summed E-state index contributed by atoms with van der Waals surface area (Å²) < 4.78 is 0. The van der Waals surface area contributed by atoms with Crippen LogP contribution in [-0.4, -0.2) is 16.5 Å². The molecule has 0 atom stereocenters. The van der Waals surface area contributed by atoms with E-state index in [1.807, 2.05) is 6.92 Å². The van der Waals surface area contributed by atoms with Gasteiger partial charge in [-0.3, -0.25) is 0 Å². The van der Waals surface area contributed by atoms with Crippen molar-refractivity contribution in [3.8, 4) is 0 Å². The van der Waals surface area contributed by atoms with E-state index in [-0.39, 0.29) is 5.15 Å². The lowest BCUT2D eigenvalue weighted by Gasteiger charge is -2.07. The van der Waals surface area contributed by atoms with Crippen LogP contribution in [0.1, 0.15) is 6.92 Å². The van der Waals surface area contributed by atoms with E-state index in [9.17, 15) is 0 Å². The van der Waals surface area contributed by atoms with Gasteiger partial charge in [0, 0.05) is 6.54 Å². The van der Waals surface area contributed by atoms with Crippen molar-refractivity contribution < 1.29 is 0 Å². The summed E-state index contributed by atoms with van der Waals surface area (Å²) in [6.07, 6.45) is 1.36. The molecule has 0 fully saturated rings. The highest BCUT2D eigenvalue weighted by Crippen LogP contribution is 2.21. The van der Waals surface area contributed by atoms with E-state index in [4.69, 9.17) is 17.3 Å². The molecule has 0 saturated heterocycles. The average Bonchev–Trinajstić information content (AvgIpc) is 2.07. The molecule has 0 radical (unpaired) electrons. The fourth-order valence-electron chi connectivity index (χ4n) is 0.750. The van der Waals surface area contributed by atoms with Gasteiger partial charge >= 0.3 is 0 Å². The summed E-state index contributed by atoms with van der Waals surface area (Å²) in [4.78, 5) is 7.67. The van der Waals surface area contributed by atoms with Crippen molar-refractivity contribution in [3.05, 3.63) is 23.6 Å². The number of nitrogens with two attached hydrogens (primary N) is 1. The molecule has 5 heteroatoms. The van der Waals surface area contributed by atoms with E-state index in [1.54, 1.807) is 0 Å². The minimum atomic E-state index is 0.263. The Morgan fingerprint density at radius 1 is 1.69 bits per heavy atom. The molecule has 0 amide bonds. The highest BCUT2D eigenvalue weighted by Gasteiger charge is 2.04.